The Balaban J connectivity index is 1.21. The highest BCUT2D eigenvalue weighted by molar-refractivity contribution is 5.45. The SMILES string of the molecule is CN(CCCCCC1CC(c2ccccc2)NN1)c1ccc2nnc(C(F)(F)F)n2n1. The second-order valence-electron chi connectivity index (χ2n) is 7.94. The van der Waals surface area contributed by atoms with Gasteiger partial charge in [-0.25, -0.2) is 0 Å². The molecule has 2 N–H and O–H groups in total. The summed E-state index contributed by atoms with van der Waals surface area (Å²) >= 11 is 0. The van der Waals surface area contributed by atoms with Crippen LogP contribution in [0.1, 0.15) is 49.5 Å². The Hall–Kier alpha value is -2.72. The number of benzene rings is 1. The van der Waals surface area contributed by atoms with E-state index in [1.165, 1.54) is 11.6 Å². The third-order valence-corrected chi connectivity index (χ3v) is 5.62. The number of fused-ring (bicyclic) bond motifs is 1. The van der Waals surface area contributed by atoms with Gasteiger partial charge in [0.25, 0.3) is 5.82 Å². The fourth-order valence-electron chi connectivity index (χ4n) is 3.91. The van der Waals surface area contributed by atoms with Crippen LogP contribution in [-0.4, -0.2) is 39.4 Å². The second kappa shape index (κ2) is 9.19. The summed E-state index contributed by atoms with van der Waals surface area (Å²) in [5, 5.41) is 10.8. The van der Waals surface area contributed by atoms with E-state index in [9.17, 15) is 13.2 Å². The van der Waals surface area contributed by atoms with Crippen LogP contribution in [0.5, 0.6) is 0 Å². The number of anilines is 1. The molecule has 0 radical (unpaired) electrons. The molecular formula is C21H26F3N7. The highest BCUT2D eigenvalue weighted by Gasteiger charge is 2.37. The van der Waals surface area contributed by atoms with Crippen molar-refractivity contribution in [3.05, 3.63) is 53.9 Å². The van der Waals surface area contributed by atoms with Gasteiger partial charge in [0.2, 0.25) is 0 Å². The van der Waals surface area contributed by atoms with Crippen LogP contribution in [0.25, 0.3) is 5.65 Å². The van der Waals surface area contributed by atoms with Gasteiger partial charge in [-0.2, -0.15) is 17.7 Å². The quantitative estimate of drug-likeness (QED) is 0.528. The Labute approximate surface area is 178 Å². The molecule has 1 fully saturated rings. The predicted octanol–water partition coefficient (Wildman–Crippen LogP) is 3.75. The van der Waals surface area contributed by atoms with Crippen molar-refractivity contribution < 1.29 is 13.2 Å². The average Bonchev–Trinajstić information content (AvgIpc) is 3.40. The van der Waals surface area contributed by atoms with E-state index in [0.717, 1.165) is 36.6 Å². The number of aromatic nitrogens is 4. The molecule has 1 aliphatic rings. The van der Waals surface area contributed by atoms with E-state index >= 15 is 0 Å². The lowest BCUT2D eigenvalue weighted by Gasteiger charge is -2.18. The van der Waals surface area contributed by atoms with Gasteiger partial charge in [0.1, 0.15) is 5.82 Å². The number of alkyl halides is 3. The first-order chi connectivity index (χ1) is 14.9. The molecule has 0 saturated carbocycles. The molecular weight excluding hydrogens is 407 g/mol. The molecule has 0 bridgehead atoms. The largest absolute Gasteiger partial charge is 0.453 e. The van der Waals surface area contributed by atoms with Crippen molar-refractivity contribution in [2.75, 3.05) is 18.5 Å². The van der Waals surface area contributed by atoms with Crippen molar-refractivity contribution in [1.29, 1.82) is 0 Å². The predicted molar refractivity (Wildman–Crippen MR) is 111 cm³/mol. The van der Waals surface area contributed by atoms with E-state index in [4.69, 9.17) is 0 Å². The summed E-state index contributed by atoms with van der Waals surface area (Å²) in [5.74, 6) is -0.644. The van der Waals surface area contributed by atoms with Crippen molar-refractivity contribution in [2.45, 2.75) is 50.4 Å². The summed E-state index contributed by atoms with van der Waals surface area (Å²) in [5.41, 5.74) is 8.13. The minimum atomic E-state index is -4.59. The van der Waals surface area contributed by atoms with Gasteiger partial charge in [0.15, 0.2) is 5.65 Å². The first kappa shape index (κ1) is 21.5. The van der Waals surface area contributed by atoms with E-state index < -0.39 is 12.0 Å². The van der Waals surface area contributed by atoms with E-state index in [0.29, 0.717) is 24.4 Å². The van der Waals surface area contributed by atoms with E-state index in [1.807, 2.05) is 18.0 Å². The lowest BCUT2D eigenvalue weighted by molar-refractivity contribution is -0.146. The van der Waals surface area contributed by atoms with Crippen LogP contribution < -0.4 is 15.8 Å². The van der Waals surface area contributed by atoms with Crippen molar-refractivity contribution in [2.24, 2.45) is 0 Å². The maximum absolute atomic E-state index is 13.0. The van der Waals surface area contributed by atoms with Gasteiger partial charge in [-0.1, -0.05) is 43.2 Å². The van der Waals surface area contributed by atoms with E-state index in [1.54, 1.807) is 6.07 Å². The fraction of sp³-hybridized carbons (Fsp3) is 0.476. The van der Waals surface area contributed by atoms with Crippen LogP contribution >= 0.6 is 0 Å². The third-order valence-electron chi connectivity index (χ3n) is 5.62. The Morgan fingerprint density at radius 3 is 2.61 bits per heavy atom. The maximum Gasteiger partial charge on any atom is 0.453 e. The number of rotatable bonds is 8. The molecule has 7 nitrogen and oxygen atoms in total. The van der Waals surface area contributed by atoms with Crippen molar-refractivity contribution in [3.8, 4) is 0 Å². The molecule has 4 rings (SSSR count). The standard InChI is InChI=1S/C21H26F3N7/c1-30(19-12-11-18-27-28-20(21(22,23)24)31(18)29-19)13-7-3-6-10-16-14-17(26-25-16)15-8-4-2-5-9-15/h2,4-5,8-9,11-12,16-17,25-26H,3,6-7,10,13-14H2,1H3. The third kappa shape index (κ3) is 5.13. The smallest absolute Gasteiger partial charge is 0.358 e. The molecule has 1 saturated heterocycles. The second-order valence-corrected chi connectivity index (χ2v) is 7.94. The zero-order valence-electron chi connectivity index (χ0n) is 17.3. The first-order valence-corrected chi connectivity index (χ1v) is 10.5. The number of hydrogen-bond acceptors (Lipinski definition) is 6. The van der Waals surface area contributed by atoms with Gasteiger partial charge in [0.05, 0.1) is 0 Å². The normalized spacial score (nSPS) is 19.2. The monoisotopic (exact) mass is 433 g/mol. The number of nitrogens with zero attached hydrogens (tertiary/aromatic N) is 5. The van der Waals surface area contributed by atoms with Crippen LogP contribution in [0.3, 0.4) is 0 Å². The number of unbranched alkanes of at least 4 members (excludes halogenated alkanes) is 2. The minimum Gasteiger partial charge on any atom is -0.358 e. The van der Waals surface area contributed by atoms with Crippen LogP contribution in [-0.2, 0) is 6.18 Å². The summed E-state index contributed by atoms with van der Waals surface area (Å²) in [6, 6.07) is 14.4. The number of nitrogens with one attached hydrogen (secondary N) is 2. The minimum absolute atomic E-state index is 0.0796. The molecule has 0 spiro atoms. The van der Waals surface area contributed by atoms with Crippen LogP contribution in [0, 0.1) is 0 Å². The average molecular weight is 433 g/mol. The molecule has 0 aliphatic carbocycles. The summed E-state index contributed by atoms with van der Waals surface area (Å²) in [4.78, 5) is 1.86. The molecule has 2 unspecified atom stereocenters. The number of hydrazine groups is 1. The van der Waals surface area contributed by atoms with Gasteiger partial charge >= 0.3 is 6.18 Å². The molecule has 3 heterocycles. The Bertz CT molecular complexity index is 990. The maximum atomic E-state index is 13.0. The molecule has 2 atom stereocenters. The van der Waals surface area contributed by atoms with Crippen LogP contribution in [0.2, 0.25) is 0 Å². The lowest BCUT2D eigenvalue weighted by atomic mass is 9.99. The Kier molecular flexibility index (Phi) is 6.38. The van der Waals surface area contributed by atoms with Crippen LogP contribution in [0.15, 0.2) is 42.5 Å². The lowest BCUT2D eigenvalue weighted by Crippen LogP contribution is -2.30. The van der Waals surface area contributed by atoms with Crippen LogP contribution in [0.4, 0.5) is 19.0 Å². The molecule has 10 heteroatoms. The summed E-state index contributed by atoms with van der Waals surface area (Å²) in [6.07, 6.45) is 0.624. The Morgan fingerprint density at radius 2 is 1.84 bits per heavy atom. The summed E-state index contributed by atoms with van der Waals surface area (Å²) in [6.45, 7) is 0.713. The molecule has 1 aliphatic heterocycles. The highest BCUT2D eigenvalue weighted by Crippen LogP contribution is 2.28. The fourth-order valence-corrected chi connectivity index (χ4v) is 3.91. The van der Waals surface area contributed by atoms with Gasteiger partial charge in [-0.3, -0.25) is 10.9 Å². The van der Waals surface area contributed by atoms with Crippen molar-refractivity contribution in [3.63, 3.8) is 0 Å². The Morgan fingerprint density at radius 1 is 1.03 bits per heavy atom. The van der Waals surface area contributed by atoms with Crippen molar-refractivity contribution in [1.82, 2.24) is 30.7 Å². The number of hydrogen-bond donors (Lipinski definition) is 2. The molecule has 31 heavy (non-hydrogen) atoms. The first-order valence-electron chi connectivity index (χ1n) is 10.5. The van der Waals surface area contributed by atoms with Gasteiger partial charge in [-0.15, -0.1) is 15.3 Å². The summed E-state index contributed by atoms with van der Waals surface area (Å²) < 4.78 is 39.9. The topological polar surface area (TPSA) is 70.4 Å². The molecule has 3 aromatic rings. The van der Waals surface area contributed by atoms with Gasteiger partial charge in [0, 0.05) is 25.7 Å². The summed E-state index contributed by atoms with van der Waals surface area (Å²) in [7, 11) is 1.83. The molecule has 166 valence electrons. The molecule has 1 aromatic carbocycles. The van der Waals surface area contributed by atoms with Gasteiger partial charge < -0.3 is 4.90 Å². The zero-order valence-corrected chi connectivity index (χ0v) is 17.3. The highest BCUT2D eigenvalue weighted by atomic mass is 19.4. The van der Waals surface area contributed by atoms with Gasteiger partial charge in [-0.05, 0) is 37.0 Å². The molecule has 0 amide bonds. The zero-order chi connectivity index (χ0) is 21.8. The molecule has 2 aromatic heterocycles. The van der Waals surface area contributed by atoms with E-state index in [-0.39, 0.29) is 5.65 Å². The van der Waals surface area contributed by atoms with Crippen molar-refractivity contribution >= 4 is 11.5 Å². The number of halogens is 3. The van der Waals surface area contributed by atoms with E-state index in [2.05, 4.69) is 50.4 Å².